The van der Waals surface area contributed by atoms with Crippen LogP contribution in [0.4, 0.5) is 0 Å². The maximum Gasteiger partial charge on any atom is 0.306 e. The second-order valence-electron chi connectivity index (χ2n) is 11.9. The summed E-state index contributed by atoms with van der Waals surface area (Å²) < 4.78 is 39.5. The molecule has 9 nitrogen and oxygen atoms in total. The molecule has 0 radical (unpaired) electrons. The molecule has 1 atom stereocenters. The number of rotatable bonds is 39. The molecule has 0 aliphatic heterocycles. The summed E-state index contributed by atoms with van der Waals surface area (Å²) in [6.45, 7) is 11.6. The molecule has 0 aromatic heterocycles. The number of ether oxygens (including phenoxy) is 7. The van der Waals surface area contributed by atoms with E-state index in [1.807, 2.05) is 6.08 Å². The highest BCUT2D eigenvalue weighted by Crippen LogP contribution is 2.09. The topological polar surface area (TPSA) is 108 Å². The molecule has 0 aromatic carbocycles. The number of unbranched alkanes of at least 4 members (excludes halogenated alkanes) is 14. The first-order valence-electron chi connectivity index (χ1n) is 18.8. The van der Waals surface area contributed by atoms with Crippen molar-refractivity contribution in [3.8, 4) is 0 Å². The van der Waals surface area contributed by atoms with Crippen LogP contribution >= 0.6 is 0 Å². The van der Waals surface area contributed by atoms with Gasteiger partial charge in [0.25, 0.3) is 0 Å². The van der Waals surface area contributed by atoms with Gasteiger partial charge in [-0.25, -0.2) is 0 Å². The number of carbonyl (C=O) groups is 1. The third kappa shape index (κ3) is 37.4. The maximum atomic E-state index is 11.9. The fourth-order valence-corrected chi connectivity index (χ4v) is 4.72. The summed E-state index contributed by atoms with van der Waals surface area (Å²) in [6.07, 6.45) is 24.6. The highest BCUT2D eigenvalue weighted by molar-refractivity contribution is 5.69. The van der Waals surface area contributed by atoms with Crippen molar-refractivity contribution in [2.45, 2.75) is 136 Å². The Morgan fingerprint density at radius 3 is 1.67 bits per heavy atom. The van der Waals surface area contributed by atoms with E-state index in [9.17, 15) is 4.79 Å². The third-order valence-electron chi connectivity index (χ3n) is 7.49. The first-order chi connectivity index (χ1) is 22.7. The average molecular weight is 660 g/mol. The summed E-state index contributed by atoms with van der Waals surface area (Å²) in [5, 5.41) is 0. The molecule has 0 fully saturated rings. The molecular formula is C37H73NO8. The number of hydrogen-bond acceptors (Lipinski definition) is 9. The maximum absolute atomic E-state index is 11.9. The van der Waals surface area contributed by atoms with Gasteiger partial charge in [0, 0.05) is 26.2 Å². The quantitative estimate of drug-likeness (QED) is 0.0406. The zero-order valence-corrected chi connectivity index (χ0v) is 30.0. The normalized spacial score (nSPS) is 12.3. The zero-order chi connectivity index (χ0) is 33.4. The largest absolute Gasteiger partial charge is 0.461 e. The summed E-state index contributed by atoms with van der Waals surface area (Å²) in [7, 11) is 0. The van der Waals surface area contributed by atoms with E-state index < -0.39 is 0 Å². The lowest BCUT2D eigenvalue weighted by atomic mass is 10.1. The third-order valence-corrected chi connectivity index (χ3v) is 7.49. The van der Waals surface area contributed by atoms with Gasteiger partial charge in [0.1, 0.15) is 12.7 Å². The van der Waals surface area contributed by atoms with Crippen LogP contribution in [0.3, 0.4) is 0 Å². The molecule has 0 aliphatic carbocycles. The number of carbonyl (C=O) groups excluding carboxylic acids is 1. The molecule has 2 N–H and O–H groups in total. The molecule has 46 heavy (non-hydrogen) atoms. The Bertz CT molecular complexity index is 622. The van der Waals surface area contributed by atoms with Crippen LogP contribution in [0.25, 0.3) is 0 Å². The van der Waals surface area contributed by atoms with Crippen LogP contribution in [0, 0.1) is 0 Å². The van der Waals surface area contributed by atoms with Gasteiger partial charge in [0.2, 0.25) is 0 Å². The first-order valence-corrected chi connectivity index (χ1v) is 18.8. The van der Waals surface area contributed by atoms with Crippen LogP contribution in [0.1, 0.15) is 129 Å². The van der Waals surface area contributed by atoms with Crippen LogP contribution in [0.5, 0.6) is 0 Å². The molecule has 0 aromatic rings. The summed E-state index contributed by atoms with van der Waals surface area (Å²) in [6, 6.07) is 0. The van der Waals surface area contributed by atoms with E-state index in [-0.39, 0.29) is 12.1 Å². The summed E-state index contributed by atoms with van der Waals surface area (Å²) in [5.41, 5.74) is 5.38. The highest BCUT2D eigenvalue weighted by atomic mass is 16.6. The molecule has 0 amide bonds. The highest BCUT2D eigenvalue weighted by Gasteiger charge is 2.10. The Labute approximate surface area is 282 Å². The molecular weight excluding hydrogens is 586 g/mol. The van der Waals surface area contributed by atoms with Crippen molar-refractivity contribution >= 4 is 5.97 Å². The van der Waals surface area contributed by atoms with Gasteiger partial charge < -0.3 is 38.9 Å². The molecule has 0 spiro atoms. The van der Waals surface area contributed by atoms with E-state index in [0.717, 1.165) is 51.6 Å². The zero-order valence-electron chi connectivity index (χ0n) is 30.0. The van der Waals surface area contributed by atoms with Gasteiger partial charge >= 0.3 is 5.97 Å². The van der Waals surface area contributed by atoms with Gasteiger partial charge in [-0.1, -0.05) is 103 Å². The van der Waals surface area contributed by atoms with Gasteiger partial charge in [-0.15, -0.1) is 0 Å². The lowest BCUT2D eigenvalue weighted by Crippen LogP contribution is -2.27. The predicted molar refractivity (Wildman–Crippen MR) is 187 cm³/mol. The molecule has 0 saturated heterocycles. The van der Waals surface area contributed by atoms with Crippen molar-refractivity contribution < 1.29 is 38.0 Å². The van der Waals surface area contributed by atoms with Gasteiger partial charge in [-0.3, -0.25) is 4.79 Å². The van der Waals surface area contributed by atoms with Gasteiger partial charge in [0.15, 0.2) is 0 Å². The average Bonchev–Trinajstić information content (AvgIpc) is 3.06. The van der Waals surface area contributed by atoms with Crippen molar-refractivity contribution in [1.29, 1.82) is 0 Å². The second-order valence-corrected chi connectivity index (χ2v) is 11.9. The second kappa shape index (κ2) is 40.1. The smallest absolute Gasteiger partial charge is 0.306 e. The van der Waals surface area contributed by atoms with Crippen molar-refractivity contribution in [2.24, 2.45) is 5.73 Å². The Balaban J connectivity index is 3.86. The molecule has 9 heteroatoms. The fraction of sp³-hybridized carbons (Fsp3) is 0.919. The number of hydrogen-bond donors (Lipinski definition) is 1. The van der Waals surface area contributed by atoms with E-state index in [4.69, 9.17) is 38.9 Å². The fourth-order valence-electron chi connectivity index (χ4n) is 4.72. The Morgan fingerprint density at radius 1 is 0.543 bits per heavy atom. The van der Waals surface area contributed by atoms with Crippen LogP contribution < -0.4 is 5.73 Å². The van der Waals surface area contributed by atoms with Crippen molar-refractivity contribution in [3.05, 3.63) is 12.2 Å². The molecule has 0 aliphatic rings. The Morgan fingerprint density at radius 2 is 1.04 bits per heavy atom. The lowest BCUT2D eigenvalue weighted by Gasteiger charge is -2.18. The van der Waals surface area contributed by atoms with Gasteiger partial charge in [0.05, 0.1) is 59.5 Å². The van der Waals surface area contributed by atoms with Crippen LogP contribution in [-0.4, -0.2) is 97.9 Å². The molecule has 1 unspecified atom stereocenters. The SMILES string of the molecule is CCCCCCC/C=C\COC(=O)CCCCCCCOCC(COCCOCCOCCOCCN)OCCCCCCCC. The van der Waals surface area contributed by atoms with E-state index in [1.165, 1.54) is 64.2 Å². The molecule has 274 valence electrons. The predicted octanol–water partition coefficient (Wildman–Crippen LogP) is 7.57. The van der Waals surface area contributed by atoms with E-state index in [2.05, 4.69) is 19.9 Å². The summed E-state index contributed by atoms with van der Waals surface area (Å²) in [5.74, 6) is -0.0917. The number of esters is 1. The minimum Gasteiger partial charge on any atom is -0.461 e. The lowest BCUT2D eigenvalue weighted by molar-refractivity contribution is -0.142. The van der Waals surface area contributed by atoms with Crippen molar-refractivity contribution in [1.82, 2.24) is 0 Å². The monoisotopic (exact) mass is 660 g/mol. The number of allylic oxidation sites excluding steroid dienone is 1. The van der Waals surface area contributed by atoms with Gasteiger partial charge in [-0.05, 0) is 32.1 Å². The summed E-state index contributed by atoms with van der Waals surface area (Å²) >= 11 is 0. The first kappa shape index (κ1) is 44.9. The van der Waals surface area contributed by atoms with E-state index in [0.29, 0.717) is 85.6 Å². The minimum atomic E-state index is -0.0917. The molecule has 0 bridgehead atoms. The van der Waals surface area contributed by atoms with E-state index in [1.54, 1.807) is 0 Å². The Hall–Kier alpha value is -1.07. The molecule has 0 saturated carbocycles. The van der Waals surface area contributed by atoms with E-state index >= 15 is 0 Å². The molecule has 0 heterocycles. The minimum absolute atomic E-state index is 0.0702. The van der Waals surface area contributed by atoms with Crippen molar-refractivity contribution in [2.75, 3.05) is 85.8 Å². The Kier molecular flexibility index (Phi) is 39.2. The molecule has 0 rings (SSSR count). The standard InChI is InChI=1S/C37H73NO8/c1-3-5-7-9-11-12-17-21-26-46-37(39)22-18-14-13-15-19-24-43-34-36(45-25-20-16-10-8-6-4-2)35-44-33-32-42-31-30-41-29-28-40-27-23-38/h17,21,36H,3-16,18-20,22-35,38H2,1-2H3/b21-17-. The van der Waals surface area contributed by atoms with Crippen molar-refractivity contribution in [3.63, 3.8) is 0 Å². The van der Waals surface area contributed by atoms with Gasteiger partial charge in [-0.2, -0.15) is 0 Å². The summed E-state index contributed by atoms with van der Waals surface area (Å²) in [4.78, 5) is 11.9. The van der Waals surface area contributed by atoms with Crippen LogP contribution in [0.15, 0.2) is 12.2 Å². The van der Waals surface area contributed by atoms with Crippen LogP contribution in [-0.2, 0) is 38.0 Å². The van der Waals surface area contributed by atoms with Crippen LogP contribution in [0.2, 0.25) is 0 Å². The number of nitrogens with two attached hydrogens (primary N) is 1.